The number of hydrogen-bond donors (Lipinski definition) is 2. The molecule has 0 aromatic heterocycles. The van der Waals surface area contributed by atoms with Crippen molar-refractivity contribution in [1.29, 1.82) is 0 Å². The van der Waals surface area contributed by atoms with Crippen molar-refractivity contribution in [1.82, 2.24) is 5.32 Å². The van der Waals surface area contributed by atoms with E-state index in [0.29, 0.717) is 6.54 Å². The van der Waals surface area contributed by atoms with E-state index in [1.165, 1.54) is 25.0 Å². The number of nitrogens with zero attached hydrogens (tertiary/aromatic N) is 1. The first-order chi connectivity index (χ1) is 9.06. The van der Waals surface area contributed by atoms with E-state index in [1.807, 2.05) is 0 Å². The average Bonchev–Trinajstić information content (AvgIpc) is 3.11. The predicted octanol–water partition coefficient (Wildman–Crippen LogP) is 2.61. The van der Waals surface area contributed by atoms with Gasteiger partial charge in [-0.1, -0.05) is 15.9 Å². The lowest BCUT2D eigenvalue weighted by molar-refractivity contribution is -0.384. The minimum absolute atomic E-state index is 0.0922. The van der Waals surface area contributed by atoms with Gasteiger partial charge in [0.15, 0.2) is 0 Å². The number of non-ortho nitro benzene ring substituents is 1. The maximum Gasteiger partial charge on any atom is 0.270 e. The Balaban J connectivity index is 1.88. The minimum atomic E-state index is -0.400. The van der Waals surface area contributed by atoms with Gasteiger partial charge in [0.2, 0.25) is 0 Å². The van der Waals surface area contributed by atoms with Crippen molar-refractivity contribution in [2.45, 2.75) is 25.8 Å². The number of nitro benzene ring substituents is 1. The second-order valence-electron chi connectivity index (χ2n) is 5.11. The molecule has 1 fully saturated rings. The molecule has 0 aliphatic heterocycles. The van der Waals surface area contributed by atoms with Crippen LogP contribution in [0.25, 0.3) is 0 Å². The molecule has 1 saturated carbocycles. The molecule has 0 bridgehead atoms. The molecule has 1 aromatic rings. The molecule has 0 atom stereocenters. The Labute approximate surface area is 120 Å². The minimum Gasteiger partial charge on any atom is -0.396 e. The molecule has 19 heavy (non-hydrogen) atoms. The Morgan fingerprint density at radius 1 is 1.47 bits per heavy atom. The summed E-state index contributed by atoms with van der Waals surface area (Å²) in [4.78, 5) is 10.2. The van der Waals surface area contributed by atoms with Crippen LogP contribution in [0.1, 0.15) is 24.8 Å². The SMILES string of the molecule is O=[N+]([O-])c1ccc(CNCC2(CCO)CC2)c(Br)c1. The van der Waals surface area contributed by atoms with Gasteiger partial charge in [-0.25, -0.2) is 0 Å². The molecule has 1 aliphatic carbocycles. The molecular weight excluding hydrogens is 312 g/mol. The Morgan fingerprint density at radius 2 is 2.21 bits per heavy atom. The van der Waals surface area contributed by atoms with Crippen LogP contribution in [-0.4, -0.2) is 23.2 Å². The summed E-state index contributed by atoms with van der Waals surface area (Å²) >= 11 is 3.36. The smallest absolute Gasteiger partial charge is 0.270 e. The van der Waals surface area contributed by atoms with Crippen LogP contribution in [0.5, 0.6) is 0 Å². The summed E-state index contributed by atoms with van der Waals surface area (Å²) in [6.07, 6.45) is 3.19. The molecule has 0 unspecified atom stereocenters. The van der Waals surface area contributed by atoms with Crippen molar-refractivity contribution in [3.63, 3.8) is 0 Å². The van der Waals surface area contributed by atoms with Crippen molar-refractivity contribution in [3.05, 3.63) is 38.3 Å². The van der Waals surface area contributed by atoms with E-state index in [0.717, 1.165) is 23.0 Å². The van der Waals surface area contributed by atoms with Crippen LogP contribution < -0.4 is 5.32 Å². The van der Waals surface area contributed by atoms with Gasteiger partial charge in [-0.15, -0.1) is 0 Å². The molecule has 1 aromatic carbocycles. The highest BCUT2D eigenvalue weighted by Crippen LogP contribution is 2.47. The number of halogens is 1. The molecule has 0 spiro atoms. The highest BCUT2D eigenvalue weighted by Gasteiger charge is 2.41. The Kier molecular flexibility index (Phi) is 4.54. The van der Waals surface area contributed by atoms with Gasteiger partial charge in [0, 0.05) is 36.3 Å². The summed E-state index contributed by atoms with van der Waals surface area (Å²) in [5, 5.41) is 23.0. The van der Waals surface area contributed by atoms with Crippen LogP contribution in [-0.2, 0) is 6.54 Å². The van der Waals surface area contributed by atoms with E-state index in [9.17, 15) is 10.1 Å². The van der Waals surface area contributed by atoms with Gasteiger partial charge in [-0.3, -0.25) is 10.1 Å². The molecule has 5 nitrogen and oxygen atoms in total. The fraction of sp³-hybridized carbons (Fsp3) is 0.538. The molecule has 2 N–H and O–H groups in total. The fourth-order valence-electron chi connectivity index (χ4n) is 2.18. The molecular formula is C13H17BrN2O3. The number of aliphatic hydroxyl groups excluding tert-OH is 1. The lowest BCUT2D eigenvalue weighted by Gasteiger charge is -2.15. The number of rotatable bonds is 7. The molecule has 0 radical (unpaired) electrons. The molecule has 104 valence electrons. The van der Waals surface area contributed by atoms with E-state index in [-0.39, 0.29) is 17.7 Å². The summed E-state index contributed by atoms with van der Waals surface area (Å²) in [6.45, 7) is 1.80. The van der Waals surface area contributed by atoms with Crippen LogP contribution in [0.3, 0.4) is 0 Å². The molecule has 0 amide bonds. The second kappa shape index (κ2) is 5.98. The van der Waals surface area contributed by atoms with Crippen LogP contribution >= 0.6 is 15.9 Å². The van der Waals surface area contributed by atoms with Gasteiger partial charge in [0.05, 0.1) is 4.92 Å². The first-order valence-electron chi connectivity index (χ1n) is 6.31. The molecule has 2 rings (SSSR count). The van der Waals surface area contributed by atoms with Crippen molar-refractivity contribution >= 4 is 21.6 Å². The Hall–Kier alpha value is -0.980. The van der Waals surface area contributed by atoms with Crippen LogP contribution in [0.2, 0.25) is 0 Å². The largest absolute Gasteiger partial charge is 0.396 e. The highest BCUT2D eigenvalue weighted by molar-refractivity contribution is 9.10. The summed E-state index contributed by atoms with van der Waals surface area (Å²) in [5.41, 5.74) is 1.38. The van der Waals surface area contributed by atoms with Gasteiger partial charge in [-0.05, 0) is 36.3 Å². The third kappa shape index (κ3) is 3.75. The number of benzene rings is 1. The molecule has 6 heteroatoms. The zero-order valence-corrected chi connectivity index (χ0v) is 12.1. The molecule has 0 saturated heterocycles. The Bertz CT molecular complexity index is 475. The van der Waals surface area contributed by atoms with Crippen molar-refractivity contribution in [2.24, 2.45) is 5.41 Å². The normalized spacial score (nSPS) is 16.3. The van der Waals surface area contributed by atoms with E-state index in [2.05, 4.69) is 21.2 Å². The van der Waals surface area contributed by atoms with Crippen LogP contribution in [0.4, 0.5) is 5.69 Å². The van der Waals surface area contributed by atoms with Crippen LogP contribution in [0, 0.1) is 15.5 Å². The van der Waals surface area contributed by atoms with Gasteiger partial charge in [0.25, 0.3) is 5.69 Å². The third-order valence-corrected chi connectivity index (χ3v) is 4.40. The van der Waals surface area contributed by atoms with Gasteiger partial charge >= 0.3 is 0 Å². The standard InChI is InChI=1S/C13H17BrN2O3/c14-12-7-11(16(18)19)2-1-10(12)8-15-9-13(3-4-13)5-6-17/h1-2,7,15,17H,3-6,8-9H2. The van der Waals surface area contributed by atoms with Gasteiger partial charge < -0.3 is 10.4 Å². The zero-order valence-electron chi connectivity index (χ0n) is 10.6. The first kappa shape index (κ1) is 14.4. The first-order valence-corrected chi connectivity index (χ1v) is 7.10. The quantitative estimate of drug-likeness (QED) is 0.596. The maximum absolute atomic E-state index is 10.6. The maximum atomic E-state index is 10.6. The number of nitro groups is 1. The van der Waals surface area contributed by atoms with E-state index in [1.54, 1.807) is 6.07 Å². The molecule has 1 aliphatic rings. The number of nitrogens with one attached hydrogen (secondary N) is 1. The van der Waals surface area contributed by atoms with E-state index >= 15 is 0 Å². The van der Waals surface area contributed by atoms with Crippen molar-refractivity contribution in [3.8, 4) is 0 Å². The van der Waals surface area contributed by atoms with Gasteiger partial charge in [-0.2, -0.15) is 0 Å². The number of aliphatic hydroxyl groups is 1. The fourth-order valence-corrected chi connectivity index (χ4v) is 2.69. The topological polar surface area (TPSA) is 75.4 Å². The zero-order chi connectivity index (χ0) is 13.9. The third-order valence-electron chi connectivity index (χ3n) is 3.66. The highest BCUT2D eigenvalue weighted by atomic mass is 79.9. The average molecular weight is 329 g/mol. The summed E-state index contributed by atoms with van der Waals surface area (Å²) in [5.74, 6) is 0. The summed E-state index contributed by atoms with van der Waals surface area (Å²) < 4.78 is 0.751. The summed E-state index contributed by atoms with van der Waals surface area (Å²) in [7, 11) is 0. The summed E-state index contributed by atoms with van der Waals surface area (Å²) in [6, 6.07) is 4.81. The van der Waals surface area contributed by atoms with Crippen molar-refractivity contribution in [2.75, 3.05) is 13.2 Å². The lowest BCUT2D eigenvalue weighted by atomic mass is 10.0. The van der Waals surface area contributed by atoms with E-state index in [4.69, 9.17) is 5.11 Å². The van der Waals surface area contributed by atoms with Crippen molar-refractivity contribution < 1.29 is 10.0 Å². The lowest BCUT2D eigenvalue weighted by Crippen LogP contribution is -2.24. The monoisotopic (exact) mass is 328 g/mol. The Morgan fingerprint density at radius 3 is 2.74 bits per heavy atom. The number of hydrogen-bond acceptors (Lipinski definition) is 4. The van der Waals surface area contributed by atoms with Crippen LogP contribution in [0.15, 0.2) is 22.7 Å². The predicted molar refractivity (Wildman–Crippen MR) is 75.9 cm³/mol. The van der Waals surface area contributed by atoms with Gasteiger partial charge in [0.1, 0.15) is 0 Å². The molecule has 0 heterocycles. The second-order valence-corrected chi connectivity index (χ2v) is 5.96. The van der Waals surface area contributed by atoms with E-state index < -0.39 is 4.92 Å².